The highest BCUT2D eigenvalue weighted by Gasteiger charge is 2.23. The molecule has 76 valence electrons. The van der Waals surface area contributed by atoms with Crippen LogP contribution in [0.15, 0.2) is 42.5 Å². The van der Waals surface area contributed by atoms with Crippen LogP contribution in [0.5, 0.6) is 0 Å². The van der Waals surface area contributed by atoms with E-state index in [-0.39, 0.29) is 5.92 Å². The Morgan fingerprint density at radius 2 is 1.87 bits per heavy atom. The van der Waals surface area contributed by atoms with E-state index in [1.54, 1.807) is 6.08 Å². The predicted octanol–water partition coefficient (Wildman–Crippen LogP) is 1.48. The minimum absolute atomic E-state index is 0.342. The van der Waals surface area contributed by atoms with Crippen molar-refractivity contribution in [3.05, 3.63) is 48.0 Å². The van der Waals surface area contributed by atoms with Gasteiger partial charge in [-0.15, -0.1) is 0 Å². The standard InChI is InChI=1S/C12H10O3/c13-11-7-6-10(12(14)15-11)8-9-4-2-1-3-5-9/h1-7,10H,8H2/t10-/m0/s1. The molecule has 1 heterocycles. The molecule has 1 aromatic carbocycles. The van der Waals surface area contributed by atoms with Gasteiger partial charge in [-0.1, -0.05) is 36.4 Å². The summed E-state index contributed by atoms with van der Waals surface area (Å²) in [5.74, 6) is -1.39. The lowest BCUT2D eigenvalue weighted by Gasteiger charge is -2.14. The maximum atomic E-state index is 11.3. The summed E-state index contributed by atoms with van der Waals surface area (Å²) in [6.07, 6.45) is 3.47. The molecule has 1 aliphatic rings. The summed E-state index contributed by atoms with van der Waals surface area (Å²) in [5.41, 5.74) is 1.05. The van der Waals surface area contributed by atoms with E-state index in [0.29, 0.717) is 6.42 Å². The average molecular weight is 202 g/mol. The molecule has 15 heavy (non-hydrogen) atoms. The highest BCUT2D eigenvalue weighted by atomic mass is 16.6. The fraction of sp³-hybridized carbons (Fsp3) is 0.167. The number of benzene rings is 1. The minimum Gasteiger partial charge on any atom is -0.389 e. The summed E-state index contributed by atoms with van der Waals surface area (Å²) < 4.78 is 4.51. The third kappa shape index (κ3) is 2.31. The van der Waals surface area contributed by atoms with Gasteiger partial charge in [0.25, 0.3) is 0 Å². The van der Waals surface area contributed by atoms with Gasteiger partial charge in [0.05, 0.1) is 5.92 Å². The second-order valence-corrected chi connectivity index (χ2v) is 3.40. The molecule has 0 spiro atoms. The van der Waals surface area contributed by atoms with E-state index in [1.165, 1.54) is 6.08 Å². The van der Waals surface area contributed by atoms with E-state index in [9.17, 15) is 9.59 Å². The number of rotatable bonds is 2. The van der Waals surface area contributed by atoms with E-state index in [2.05, 4.69) is 4.74 Å². The first-order chi connectivity index (χ1) is 7.25. The SMILES string of the molecule is O=C1C=C[C@@H](Cc2ccccc2)C(=O)O1. The third-order valence-corrected chi connectivity index (χ3v) is 2.27. The van der Waals surface area contributed by atoms with Gasteiger partial charge in [-0.25, -0.2) is 4.79 Å². The van der Waals surface area contributed by atoms with Crippen molar-refractivity contribution in [3.63, 3.8) is 0 Å². The third-order valence-electron chi connectivity index (χ3n) is 2.27. The molecular weight excluding hydrogens is 192 g/mol. The van der Waals surface area contributed by atoms with Gasteiger partial charge < -0.3 is 4.74 Å². The smallest absolute Gasteiger partial charge is 0.338 e. The number of hydrogen-bond acceptors (Lipinski definition) is 3. The molecule has 1 aromatic rings. The first-order valence-electron chi connectivity index (χ1n) is 4.73. The molecule has 1 aliphatic heterocycles. The average Bonchev–Trinajstić information content (AvgIpc) is 2.24. The van der Waals surface area contributed by atoms with Gasteiger partial charge in [-0.3, -0.25) is 4.79 Å². The Morgan fingerprint density at radius 3 is 2.53 bits per heavy atom. The Morgan fingerprint density at radius 1 is 1.13 bits per heavy atom. The lowest BCUT2D eigenvalue weighted by molar-refractivity contribution is -0.159. The molecule has 3 heteroatoms. The van der Waals surface area contributed by atoms with Crippen molar-refractivity contribution in [1.82, 2.24) is 0 Å². The van der Waals surface area contributed by atoms with Crippen molar-refractivity contribution in [2.75, 3.05) is 0 Å². The second kappa shape index (κ2) is 4.09. The van der Waals surface area contributed by atoms with Gasteiger partial charge in [-0.2, -0.15) is 0 Å². The van der Waals surface area contributed by atoms with Crippen LogP contribution in [-0.4, -0.2) is 11.9 Å². The molecule has 0 amide bonds. The van der Waals surface area contributed by atoms with Gasteiger partial charge in [0.1, 0.15) is 0 Å². The predicted molar refractivity (Wildman–Crippen MR) is 53.9 cm³/mol. The number of esters is 2. The van der Waals surface area contributed by atoms with E-state index < -0.39 is 11.9 Å². The van der Waals surface area contributed by atoms with Crippen LogP contribution in [0.3, 0.4) is 0 Å². The van der Waals surface area contributed by atoms with Crippen molar-refractivity contribution in [1.29, 1.82) is 0 Å². The summed E-state index contributed by atoms with van der Waals surface area (Å²) >= 11 is 0. The number of hydrogen-bond donors (Lipinski definition) is 0. The molecule has 0 fully saturated rings. The lowest BCUT2D eigenvalue weighted by Crippen LogP contribution is -2.24. The van der Waals surface area contributed by atoms with Gasteiger partial charge in [0, 0.05) is 6.08 Å². The molecule has 0 N–H and O–H groups in total. The van der Waals surface area contributed by atoms with Gasteiger partial charge in [-0.05, 0) is 12.0 Å². The van der Waals surface area contributed by atoms with Crippen LogP contribution in [0.25, 0.3) is 0 Å². The Kier molecular flexibility index (Phi) is 2.63. The highest BCUT2D eigenvalue weighted by Crippen LogP contribution is 2.15. The zero-order chi connectivity index (χ0) is 10.7. The highest BCUT2D eigenvalue weighted by molar-refractivity contribution is 5.96. The number of cyclic esters (lactones) is 2. The van der Waals surface area contributed by atoms with Gasteiger partial charge >= 0.3 is 11.9 Å². The van der Waals surface area contributed by atoms with Crippen LogP contribution < -0.4 is 0 Å². The van der Waals surface area contributed by atoms with E-state index in [4.69, 9.17) is 0 Å². The summed E-state index contributed by atoms with van der Waals surface area (Å²) in [6.45, 7) is 0. The number of carbonyl (C=O) groups is 2. The molecule has 1 atom stereocenters. The van der Waals surface area contributed by atoms with E-state index in [1.807, 2.05) is 30.3 Å². The normalized spacial score (nSPS) is 20.1. The number of ether oxygens (including phenoxy) is 1. The maximum Gasteiger partial charge on any atom is 0.338 e. The van der Waals surface area contributed by atoms with Crippen molar-refractivity contribution in [3.8, 4) is 0 Å². The van der Waals surface area contributed by atoms with E-state index in [0.717, 1.165) is 5.56 Å². The van der Waals surface area contributed by atoms with Crippen LogP contribution >= 0.6 is 0 Å². The minimum atomic E-state index is -0.579. The molecule has 0 saturated heterocycles. The molecule has 0 saturated carbocycles. The summed E-state index contributed by atoms with van der Waals surface area (Å²) in [5, 5.41) is 0. The van der Waals surface area contributed by atoms with Crippen molar-refractivity contribution in [2.45, 2.75) is 6.42 Å². The van der Waals surface area contributed by atoms with Crippen LogP contribution in [0.2, 0.25) is 0 Å². The molecule has 3 nitrogen and oxygen atoms in total. The Hall–Kier alpha value is -1.90. The zero-order valence-corrected chi connectivity index (χ0v) is 8.05. The molecular formula is C12H10O3. The van der Waals surface area contributed by atoms with Crippen LogP contribution in [-0.2, 0) is 20.7 Å². The quantitative estimate of drug-likeness (QED) is 0.539. The molecule has 0 aromatic heterocycles. The van der Waals surface area contributed by atoms with Gasteiger partial charge in [0.15, 0.2) is 0 Å². The van der Waals surface area contributed by atoms with Gasteiger partial charge in [0.2, 0.25) is 0 Å². The van der Waals surface area contributed by atoms with Crippen LogP contribution in [0.4, 0.5) is 0 Å². The fourth-order valence-electron chi connectivity index (χ4n) is 1.50. The monoisotopic (exact) mass is 202 g/mol. The topological polar surface area (TPSA) is 43.4 Å². The Balaban J connectivity index is 2.10. The summed E-state index contributed by atoms with van der Waals surface area (Å²) in [6, 6.07) is 9.63. The summed E-state index contributed by atoms with van der Waals surface area (Å²) in [7, 11) is 0. The van der Waals surface area contributed by atoms with Crippen molar-refractivity contribution >= 4 is 11.9 Å². The zero-order valence-electron chi connectivity index (χ0n) is 8.05. The largest absolute Gasteiger partial charge is 0.389 e. The van der Waals surface area contributed by atoms with Crippen LogP contribution in [0.1, 0.15) is 5.56 Å². The molecule has 0 aliphatic carbocycles. The number of carbonyl (C=O) groups excluding carboxylic acids is 2. The fourth-order valence-corrected chi connectivity index (χ4v) is 1.50. The van der Waals surface area contributed by atoms with Crippen LogP contribution in [0, 0.1) is 5.92 Å². The first kappa shape index (κ1) is 9.65. The maximum absolute atomic E-state index is 11.3. The second-order valence-electron chi connectivity index (χ2n) is 3.40. The lowest BCUT2D eigenvalue weighted by atomic mass is 9.98. The molecule has 0 bridgehead atoms. The first-order valence-corrected chi connectivity index (χ1v) is 4.73. The van der Waals surface area contributed by atoms with Crippen molar-refractivity contribution < 1.29 is 14.3 Å². The Labute approximate surface area is 87.4 Å². The van der Waals surface area contributed by atoms with E-state index >= 15 is 0 Å². The summed E-state index contributed by atoms with van der Waals surface area (Å²) in [4.78, 5) is 22.1. The molecule has 0 radical (unpaired) electrons. The molecule has 2 rings (SSSR count). The molecule has 0 unspecified atom stereocenters. The van der Waals surface area contributed by atoms with Crippen molar-refractivity contribution in [2.24, 2.45) is 5.92 Å². The Bertz CT molecular complexity index is 406.